The molecule has 2 rings (SSSR count). The molecule has 144 valence electrons. The Morgan fingerprint density at radius 3 is 2.69 bits per heavy atom. The number of nitroso groups, excluding NO2 is 1. The first-order chi connectivity index (χ1) is 12.0. The Hall–Kier alpha value is -1.92. The predicted molar refractivity (Wildman–Crippen MR) is 106 cm³/mol. The van der Waals surface area contributed by atoms with Crippen LogP contribution in [0.2, 0.25) is 0 Å². The zero-order valence-corrected chi connectivity index (χ0v) is 16.5. The highest BCUT2D eigenvalue weighted by molar-refractivity contribution is 5.95. The number of rotatable bonds is 8. The summed E-state index contributed by atoms with van der Waals surface area (Å²) < 4.78 is 6.07. The minimum absolute atomic E-state index is 0. The molecule has 0 aromatic heterocycles. The summed E-state index contributed by atoms with van der Waals surface area (Å²) in [6, 6.07) is 5.22. The van der Waals surface area contributed by atoms with Crippen molar-refractivity contribution < 1.29 is 9.53 Å². The Balaban J connectivity index is 0.00000338. The van der Waals surface area contributed by atoms with Crippen LogP contribution in [0.1, 0.15) is 55.1 Å². The fraction of sp³-hybridized carbons (Fsp3) is 0.526. The van der Waals surface area contributed by atoms with Gasteiger partial charge in [0.25, 0.3) is 0 Å². The molecule has 0 unspecified atom stereocenters. The number of unbranched alkanes of at least 4 members (excludes halogenated alkanes) is 1. The van der Waals surface area contributed by atoms with Gasteiger partial charge in [0.1, 0.15) is 5.76 Å². The van der Waals surface area contributed by atoms with Crippen molar-refractivity contribution in [3.63, 3.8) is 0 Å². The number of amides is 1. The van der Waals surface area contributed by atoms with Crippen molar-refractivity contribution >= 4 is 24.1 Å². The number of nitrogens with zero attached hydrogens (tertiary/aromatic N) is 2. The molecule has 0 bridgehead atoms. The number of halogens is 1. The van der Waals surface area contributed by atoms with Gasteiger partial charge in [-0.3, -0.25) is 4.79 Å². The van der Waals surface area contributed by atoms with Crippen molar-refractivity contribution in [3.8, 4) is 0 Å². The van der Waals surface area contributed by atoms with Gasteiger partial charge in [0, 0.05) is 35.9 Å². The molecule has 0 fully saturated rings. The third-order valence-electron chi connectivity index (χ3n) is 4.21. The molecule has 0 aliphatic carbocycles. The molecular weight excluding hydrogens is 354 g/mol. The van der Waals surface area contributed by atoms with E-state index in [0.717, 1.165) is 42.0 Å². The van der Waals surface area contributed by atoms with Crippen LogP contribution < -0.4 is 5.73 Å². The molecule has 1 aliphatic heterocycles. The number of carbonyl (C=O) groups is 1. The number of carbonyl (C=O) groups excluding carboxylic acids is 1. The summed E-state index contributed by atoms with van der Waals surface area (Å²) in [6.07, 6.45) is 1.97. The normalized spacial score (nSPS) is 13.3. The van der Waals surface area contributed by atoms with Gasteiger partial charge in [-0.15, -0.1) is 17.3 Å². The molecule has 1 heterocycles. The Morgan fingerprint density at radius 2 is 2.12 bits per heavy atom. The first-order valence-corrected chi connectivity index (χ1v) is 8.83. The van der Waals surface area contributed by atoms with Crippen LogP contribution in [-0.2, 0) is 11.3 Å². The maximum atomic E-state index is 11.7. The van der Waals surface area contributed by atoms with Crippen molar-refractivity contribution in [2.24, 2.45) is 16.8 Å². The van der Waals surface area contributed by atoms with Gasteiger partial charge in [0.15, 0.2) is 0 Å². The van der Waals surface area contributed by atoms with Gasteiger partial charge in [-0.25, -0.2) is 0 Å². The van der Waals surface area contributed by atoms with Crippen LogP contribution in [0.25, 0.3) is 5.76 Å². The van der Waals surface area contributed by atoms with Crippen molar-refractivity contribution in [2.45, 2.75) is 40.2 Å². The van der Waals surface area contributed by atoms with E-state index < -0.39 is 5.91 Å². The van der Waals surface area contributed by atoms with Crippen LogP contribution in [-0.4, -0.2) is 30.5 Å². The Labute approximate surface area is 161 Å². The lowest BCUT2D eigenvalue weighted by Crippen LogP contribution is -2.35. The SMILES string of the molecule is CCCCOC1=C(CN)N(CC(C)C)Cc2ccc(C(=O)N=O)cc21.Cl. The van der Waals surface area contributed by atoms with Gasteiger partial charge in [-0.05, 0) is 30.0 Å². The van der Waals surface area contributed by atoms with E-state index in [4.69, 9.17) is 10.5 Å². The molecular formula is C19H28ClN3O3. The van der Waals surface area contributed by atoms with E-state index in [9.17, 15) is 9.70 Å². The maximum absolute atomic E-state index is 11.7. The number of hydrogen-bond acceptors (Lipinski definition) is 5. The molecule has 1 amide bonds. The highest BCUT2D eigenvalue weighted by atomic mass is 35.5. The van der Waals surface area contributed by atoms with Gasteiger partial charge in [0.2, 0.25) is 0 Å². The molecule has 1 aromatic carbocycles. The summed E-state index contributed by atoms with van der Waals surface area (Å²) in [7, 11) is 0. The first-order valence-electron chi connectivity index (χ1n) is 8.83. The standard InChI is InChI=1S/C19H27N3O3.ClH/c1-4-5-8-25-18-16-9-14(19(23)21-24)6-7-15(16)12-22(11-13(2)3)17(18)10-20;/h6-7,9,13H,4-5,8,10-12,20H2,1-3H3;1H. The van der Waals surface area contributed by atoms with E-state index in [-0.39, 0.29) is 18.0 Å². The Kier molecular flexibility index (Phi) is 8.75. The van der Waals surface area contributed by atoms with Gasteiger partial charge in [-0.2, -0.15) is 0 Å². The van der Waals surface area contributed by atoms with E-state index >= 15 is 0 Å². The van der Waals surface area contributed by atoms with Crippen molar-refractivity contribution in [1.82, 2.24) is 4.90 Å². The van der Waals surface area contributed by atoms with Crippen molar-refractivity contribution in [2.75, 3.05) is 19.7 Å². The highest BCUT2D eigenvalue weighted by Crippen LogP contribution is 2.33. The second-order valence-electron chi connectivity index (χ2n) is 6.72. The average molecular weight is 382 g/mol. The summed E-state index contributed by atoms with van der Waals surface area (Å²) >= 11 is 0. The largest absolute Gasteiger partial charge is 0.491 e. The lowest BCUT2D eigenvalue weighted by Gasteiger charge is -2.35. The molecule has 6 nitrogen and oxygen atoms in total. The van der Waals surface area contributed by atoms with E-state index in [1.165, 1.54) is 0 Å². The molecule has 1 aromatic rings. The summed E-state index contributed by atoms with van der Waals surface area (Å²) in [5.41, 5.74) is 9.15. The lowest BCUT2D eigenvalue weighted by molar-refractivity contribution is 0.100. The average Bonchev–Trinajstić information content (AvgIpc) is 2.60. The number of benzene rings is 1. The van der Waals surface area contributed by atoms with Crippen molar-refractivity contribution in [3.05, 3.63) is 45.5 Å². The second kappa shape index (κ2) is 10.3. The molecule has 7 heteroatoms. The second-order valence-corrected chi connectivity index (χ2v) is 6.72. The summed E-state index contributed by atoms with van der Waals surface area (Å²) in [5, 5.41) is 2.52. The third-order valence-corrected chi connectivity index (χ3v) is 4.21. The minimum Gasteiger partial charge on any atom is -0.491 e. The number of nitrogens with two attached hydrogens (primary N) is 1. The van der Waals surface area contributed by atoms with Crippen LogP contribution in [0.4, 0.5) is 0 Å². The Morgan fingerprint density at radius 1 is 1.38 bits per heavy atom. The smallest absolute Gasteiger partial charge is 0.316 e. The van der Waals surface area contributed by atoms with Crippen molar-refractivity contribution in [1.29, 1.82) is 0 Å². The van der Waals surface area contributed by atoms with Gasteiger partial charge >= 0.3 is 5.91 Å². The summed E-state index contributed by atoms with van der Waals surface area (Å²) in [5.74, 6) is 0.438. The zero-order valence-electron chi connectivity index (χ0n) is 15.7. The van der Waals surface area contributed by atoms with Crippen LogP contribution in [0.15, 0.2) is 29.1 Å². The zero-order chi connectivity index (χ0) is 18.4. The summed E-state index contributed by atoms with van der Waals surface area (Å²) in [4.78, 5) is 24.5. The molecule has 0 saturated heterocycles. The van der Waals surface area contributed by atoms with Gasteiger partial charge < -0.3 is 15.4 Å². The number of hydrogen-bond donors (Lipinski definition) is 1. The fourth-order valence-electron chi connectivity index (χ4n) is 3.03. The minimum atomic E-state index is -0.769. The maximum Gasteiger partial charge on any atom is 0.316 e. The van der Waals surface area contributed by atoms with E-state index in [1.807, 2.05) is 6.07 Å². The molecule has 0 spiro atoms. The highest BCUT2D eigenvalue weighted by Gasteiger charge is 2.27. The van der Waals surface area contributed by atoms with Gasteiger partial charge in [0.05, 0.1) is 12.3 Å². The molecule has 1 aliphatic rings. The predicted octanol–water partition coefficient (Wildman–Crippen LogP) is 3.93. The number of ether oxygens (including phenoxy) is 1. The quantitative estimate of drug-likeness (QED) is 0.544. The van der Waals surface area contributed by atoms with Crippen LogP contribution in [0.5, 0.6) is 0 Å². The molecule has 0 saturated carbocycles. The van der Waals surface area contributed by atoms with E-state index in [1.54, 1.807) is 12.1 Å². The third kappa shape index (κ3) is 5.05. The van der Waals surface area contributed by atoms with E-state index in [0.29, 0.717) is 25.6 Å². The van der Waals surface area contributed by atoms with Crippen LogP contribution in [0.3, 0.4) is 0 Å². The van der Waals surface area contributed by atoms with Gasteiger partial charge in [-0.1, -0.05) is 33.3 Å². The van der Waals surface area contributed by atoms with Crippen LogP contribution >= 0.6 is 12.4 Å². The van der Waals surface area contributed by atoms with E-state index in [2.05, 4.69) is 30.8 Å². The summed E-state index contributed by atoms with van der Waals surface area (Å²) in [6.45, 7) is 8.98. The molecule has 0 atom stereocenters. The molecule has 0 radical (unpaired) electrons. The number of fused-ring (bicyclic) bond motifs is 1. The lowest BCUT2D eigenvalue weighted by atomic mass is 9.96. The molecule has 2 N–H and O–H groups in total. The van der Waals surface area contributed by atoms with Crippen LogP contribution in [0, 0.1) is 10.8 Å². The Bertz CT molecular complexity index is 674. The fourth-order valence-corrected chi connectivity index (χ4v) is 3.03. The topological polar surface area (TPSA) is 85.0 Å². The first kappa shape index (κ1) is 22.1. The molecule has 26 heavy (non-hydrogen) atoms. The monoisotopic (exact) mass is 381 g/mol.